The number of sulfonamides is 1. The molecule has 1 N–H and O–H groups in total. The maximum Gasteiger partial charge on any atom is 0.261 e. The summed E-state index contributed by atoms with van der Waals surface area (Å²) in [6, 6.07) is 10.2. The summed E-state index contributed by atoms with van der Waals surface area (Å²) >= 11 is 7.19. The highest BCUT2D eigenvalue weighted by Crippen LogP contribution is 2.30. The number of nitrogens with zero attached hydrogens (tertiary/aromatic N) is 2. The Kier molecular flexibility index (Phi) is 4.18. The van der Waals surface area contributed by atoms with Crippen molar-refractivity contribution in [3.63, 3.8) is 0 Å². The van der Waals surface area contributed by atoms with Crippen molar-refractivity contribution in [2.75, 3.05) is 4.72 Å². The summed E-state index contributed by atoms with van der Waals surface area (Å²) in [7, 11) is -3.93. The molecule has 0 amide bonds. The number of nitrogens with one attached hydrogen (secondary N) is 1. The first kappa shape index (κ1) is 17.0. The zero-order valence-electron chi connectivity index (χ0n) is 13.1. The molecule has 5 nitrogen and oxygen atoms in total. The molecule has 0 unspecified atom stereocenters. The third-order valence-electron chi connectivity index (χ3n) is 3.74. The van der Waals surface area contributed by atoms with Gasteiger partial charge in [-0.15, -0.1) is 11.3 Å². The van der Waals surface area contributed by atoms with Crippen molar-refractivity contribution < 1.29 is 12.8 Å². The van der Waals surface area contributed by atoms with E-state index in [1.165, 1.54) is 17.4 Å². The smallest absolute Gasteiger partial charge is 0.261 e. The van der Waals surface area contributed by atoms with E-state index in [1.807, 2.05) is 22.2 Å². The van der Waals surface area contributed by atoms with E-state index in [9.17, 15) is 12.8 Å². The summed E-state index contributed by atoms with van der Waals surface area (Å²) in [6.07, 6.45) is 3.71. The molecule has 4 aromatic rings. The number of anilines is 1. The van der Waals surface area contributed by atoms with E-state index in [1.54, 1.807) is 24.3 Å². The third-order valence-corrected chi connectivity index (χ3v) is 6.17. The zero-order valence-corrected chi connectivity index (χ0v) is 15.4. The Morgan fingerprint density at radius 2 is 2.00 bits per heavy atom. The van der Waals surface area contributed by atoms with E-state index in [-0.39, 0.29) is 9.92 Å². The predicted molar refractivity (Wildman–Crippen MR) is 101 cm³/mol. The lowest BCUT2D eigenvalue weighted by Crippen LogP contribution is -2.13. The summed E-state index contributed by atoms with van der Waals surface area (Å²) in [4.78, 5) is 5.20. The molecular formula is C17H11ClFN3O2S2. The molecule has 9 heteroatoms. The van der Waals surface area contributed by atoms with Crippen molar-refractivity contribution in [1.82, 2.24) is 9.38 Å². The Morgan fingerprint density at radius 3 is 2.77 bits per heavy atom. The van der Waals surface area contributed by atoms with Gasteiger partial charge < -0.3 is 0 Å². The molecule has 0 bridgehead atoms. The molecule has 2 heterocycles. The predicted octanol–water partition coefficient (Wildman–Crippen LogP) is 4.66. The van der Waals surface area contributed by atoms with Crippen molar-refractivity contribution >= 4 is 43.6 Å². The van der Waals surface area contributed by atoms with Crippen LogP contribution in [0, 0.1) is 5.82 Å². The van der Waals surface area contributed by atoms with Gasteiger partial charge in [0.1, 0.15) is 5.82 Å². The average molecular weight is 408 g/mol. The lowest BCUT2D eigenvalue weighted by molar-refractivity contribution is 0.599. The summed E-state index contributed by atoms with van der Waals surface area (Å²) in [5, 5.41) is 1.66. The van der Waals surface area contributed by atoms with Gasteiger partial charge in [-0.25, -0.2) is 17.8 Å². The number of para-hydroxylation sites is 1. The van der Waals surface area contributed by atoms with Gasteiger partial charge in [-0.3, -0.25) is 9.12 Å². The normalized spacial score (nSPS) is 11.8. The van der Waals surface area contributed by atoms with Crippen LogP contribution in [0.2, 0.25) is 5.02 Å². The molecule has 0 aliphatic rings. The van der Waals surface area contributed by atoms with Crippen LogP contribution in [0.5, 0.6) is 0 Å². The summed E-state index contributed by atoms with van der Waals surface area (Å²) < 4.78 is 43.0. The number of fused-ring (bicyclic) bond motifs is 1. The molecule has 4 rings (SSSR count). The van der Waals surface area contributed by atoms with Crippen molar-refractivity contribution in [3.8, 4) is 11.3 Å². The first-order valence-electron chi connectivity index (χ1n) is 7.43. The standard InChI is InChI=1S/C17H11ClFN3O2S2/c18-13-9-11(5-6-14(13)19)26(23,24)21-15-4-2-1-3-12(15)16-10-22-7-8-25-17(22)20-16/h1-10,21H. The minimum atomic E-state index is -3.93. The fourth-order valence-electron chi connectivity index (χ4n) is 2.50. The Bertz CT molecular complexity index is 1190. The van der Waals surface area contributed by atoms with Gasteiger partial charge in [-0.05, 0) is 24.3 Å². The van der Waals surface area contributed by atoms with E-state index in [0.29, 0.717) is 16.9 Å². The Balaban J connectivity index is 1.74. The second-order valence-corrected chi connectivity index (χ2v) is 8.41. The van der Waals surface area contributed by atoms with Gasteiger partial charge in [0.15, 0.2) is 4.96 Å². The van der Waals surface area contributed by atoms with Gasteiger partial charge in [-0.2, -0.15) is 0 Å². The summed E-state index contributed by atoms with van der Waals surface area (Å²) in [5.41, 5.74) is 1.66. The van der Waals surface area contributed by atoms with Crippen LogP contribution in [-0.2, 0) is 10.0 Å². The minimum Gasteiger partial charge on any atom is -0.297 e. The second-order valence-electron chi connectivity index (χ2n) is 5.45. The molecule has 0 fully saturated rings. The molecule has 132 valence electrons. The zero-order chi connectivity index (χ0) is 18.3. The number of thiazole rings is 1. The van der Waals surface area contributed by atoms with E-state index >= 15 is 0 Å². The first-order chi connectivity index (χ1) is 12.4. The van der Waals surface area contributed by atoms with Gasteiger partial charge in [0.2, 0.25) is 0 Å². The Labute approximate surface area is 157 Å². The van der Waals surface area contributed by atoms with Crippen LogP contribution in [0.3, 0.4) is 0 Å². The third kappa shape index (κ3) is 3.07. The van der Waals surface area contributed by atoms with Gasteiger partial charge in [-0.1, -0.05) is 29.8 Å². The van der Waals surface area contributed by atoms with Crippen LogP contribution in [0.4, 0.5) is 10.1 Å². The van der Waals surface area contributed by atoms with Crippen LogP contribution in [0.25, 0.3) is 16.2 Å². The van der Waals surface area contributed by atoms with E-state index in [2.05, 4.69) is 9.71 Å². The highest BCUT2D eigenvalue weighted by atomic mass is 35.5. The molecule has 0 spiro atoms. The van der Waals surface area contributed by atoms with Crippen molar-refractivity contribution in [1.29, 1.82) is 0 Å². The topological polar surface area (TPSA) is 63.5 Å². The number of hydrogen-bond acceptors (Lipinski definition) is 4. The lowest BCUT2D eigenvalue weighted by Gasteiger charge is -2.12. The molecular weight excluding hydrogens is 397 g/mol. The highest BCUT2D eigenvalue weighted by Gasteiger charge is 2.19. The van der Waals surface area contributed by atoms with Gasteiger partial charge in [0, 0.05) is 23.3 Å². The van der Waals surface area contributed by atoms with Crippen LogP contribution in [0.1, 0.15) is 0 Å². The maximum absolute atomic E-state index is 13.3. The Morgan fingerprint density at radius 1 is 1.19 bits per heavy atom. The summed E-state index contributed by atoms with van der Waals surface area (Å²) in [5.74, 6) is -0.677. The molecule has 0 aliphatic heterocycles. The van der Waals surface area contributed by atoms with Gasteiger partial charge in [0.25, 0.3) is 10.0 Å². The molecule has 0 aliphatic carbocycles. The first-order valence-corrected chi connectivity index (χ1v) is 10.2. The fourth-order valence-corrected chi connectivity index (χ4v) is 4.55. The average Bonchev–Trinajstić information content (AvgIpc) is 3.19. The van der Waals surface area contributed by atoms with E-state index < -0.39 is 15.8 Å². The molecule has 0 radical (unpaired) electrons. The Hall–Kier alpha value is -2.42. The molecule has 2 aromatic carbocycles. The number of rotatable bonds is 4. The SMILES string of the molecule is O=S(=O)(Nc1ccccc1-c1cn2ccsc2n1)c1ccc(F)c(Cl)c1. The fraction of sp³-hybridized carbons (Fsp3) is 0. The van der Waals surface area contributed by atoms with Crippen LogP contribution in [-0.4, -0.2) is 17.8 Å². The quantitative estimate of drug-likeness (QED) is 0.535. The monoisotopic (exact) mass is 407 g/mol. The molecule has 0 atom stereocenters. The number of aromatic nitrogens is 2. The van der Waals surface area contributed by atoms with Gasteiger partial charge in [0.05, 0.1) is 21.3 Å². The van der Waals surface area contributed by atoms with E-state index in [0.717, 1.165) is 17.1 Å². The maximum atomic E-state index is 13.3. The number of halogens is 2. The van der Waals surface area contributed by atoms with Crippen molar-refractivity contribution in [3.05, 3.63) is 71.1 Å². The molecule has 26 heavy (non-hydrogen) atoms. The largest absolute Gasteiger partial charge is 0.297 e. The second kappa shape index (κ2) is 6.39. The molecule has 0 saturated carbocycles. The molecule has 0 saturated heterocycles. The number of hydrogen-bond donors (Lipinski definition) is 1. The van der Waals surface area contributed by atoms with Crippen molar-refractivity contribution in [2.24, 2.45) is 0 Å². The highest BCUT2D eigenvalue weighted by molar-refractivity contribution is 7.92. The summed E-state index contributed by atoms with van der Waals surface area (Å²) in [6.45, 7) is 0. The van der Waals surface area contributed by atoms with Gasteiger partial charge >= 0.3 is 0 Å². The number of benzene rings is 2. The lowest BCUT2D eigenvalue weighted by atomic mass is 10.1. The van der Waals surface area contributed by atoms with Crippen LogP contribution >= 0.6 is 22.9 Å². The van der Waals surface area contributed by atoms with Crippen LogP contribution < -0.4 is 4.72 Å². The van der Waals surface area contributed by atoms with Crippen LogP contribution in [0.15, 0.2) is 65.1 Å². The van der Waals surface area contributed by atoms with Crippen molar-refractivity contribution in [2.45, 2.75) is 4.90 Å². The number of imidazole rings is 1. The molecule has 2 aromatic heterocycles. The van der Waals surface area contributed by atoms with E-state index in [4.69, 9.17) is 11.6 Å². The minimum absolute atomic E-state index is 0.121.